The molecule has 0 amide bonds. The Balaban J connectivity index is 1.51. The van der Waals surface area contributed by atoms with Crippen LogP contribution in [0, 0.1) is 0 Å². The monoisotopic (exact) mass is 597 g/mol. The van der Waals surface area contributed by atoms with Crippen molar-refractivity contribution in [2.75, 3.05) is 6.16 Å². The predicted octanol–water partition coefficient (Wildman–Crippen LogP) is 11.2. The summed E-state index contributed by atoms with van der Waals surface area (Å²) in [6, 6.07) is 34.0. The first kappa shape index (κ1) is 30.5. The molecule has 3 rings (SSSR count). The van der Waals surface area contributed by atoms with Crippen LogP contribution in [0.4, 0.5) is 0 Å². The number of unbranched alkanes of at least 4 members (excludes halogenated alkanes) is 13. The first-order valence-corrected chi connectivity index (χ1v) is 20.8. The lowest BCUT2D eigenvalue weighted by atomic mass is 10.0. The van der Waals surface area contributed by atoms with Crippen molar-refractivity contribution in [1.82, 2.24) is 0 Å². The lowest BCUT2D eigenvalue weighted by molar-refractivity contribution is 0.538. The van der Waals surface area contributed by atoms with E-state index in [1.54, 1.807) is 0 Å². The van der Waals surface area contributed by atoms with Gasteiger partial charge in [0.25, 0.3) is 0 Å². The van der Waals surface area contributed by atoms with E-state index in [-0.39, 0.29) is 6.31 Å². The number of hydrogen-bond donors (Lipinski definition) is 0. The molecule has 1 unspecified atom stereocenters. The van der Waals surface area contributed by atoms with Gasteiger partial charge in [0, 0.05) is 6.16 Å². The molecule has 0 aliphatic heterocycles. The van der Waals surface area contributed by atoms with Gasteiger partial charge in [0.05, 0.1) is 0 Å². The third-order valence-electron chi connectivity index (χ3n) is 7.41. The predicted molar refractivity (Wildman–Crippen MR) is 176 cm³/mol. The maximum Gasteiger partial charge on any atom is 0.141 e. The van der Waals surface area contributed by atoms with Crippen LogP contribution in [0.3, 0.4) is 0 Å². The smallest absolute Gasteiger partial charge is 0.0654 e. The number of halogens is 1. The summed E-state index contributed by atoms with van der Waals surface area (Å²) < 4.78 is 0. The van der Waals surface area contributed by atoms with Gasteiger partial charge in [-0.3, -0.25) is 0 Å². The summed E-state index contributed by atoms with van der Waals surface area (Å²) in [5, 5.41) is 4.50. The maximum absolute atomic E-state index is 4.36. The molecular formula is C34H48BrP2+. The van der Waals surface area contributed by atoms with Crippen LogP contribution in [-0.4, -0.2) is 6.16 Å². The van der Waals surface area contributed by atoms with E-state index in [2.05, 4.69) is 113 Å². The third kappa shape index (κ3) is 9.60. The maximum atomic E-state index is 4.36. The lowest BCUT2D eigenvalue weighted by Crippen LogP contribution is -2.29. The minimum atomic E-state index is -1.75. The Morgan fingerprint density at radius 3 is 1.08 bits per heavy atom. The number of rotatable bonds is 19. The molecule has 0 aliphatic carbocycles. The molecule has 37 heavy (non-hydrogen) atoms. The highest BCUT2D eigenvalue weighted by Crippen LogP contribution is 2.85. The van der Waals surface area contributed by atoms with Crippen molar-refractivity contribution in [3.8, 4) is 0 Å². The average Bonchev–Trinajstić information content (AvgIpc) is 2.95. The molecule has 0 aliphatic rings. The molecule has 0 spiro atoms. The standard InChI is InChI=1S/C34H48BrP2/c1-2-3-4-5-6-7-8-9-10-11-12-13-14-24-31-36(35)37(32-25-18-15-19-26-32,33-27-20-16-21-28-33)34-29-22-17-23-30-34/h15-23,25-30H,2-14,24,31H2,1H3/q+1. The van der Waals surface area contributed by atoms with Gasteiger partial charge in [-0.05, 0) is 58.3 Å². The molecule has 0 radical (unpaired) electrons. The zero-order valence-electron chi connectivity index (χ0n) is 23.0. The summed E-state index contributed by atoms with van der Waals surface area (Å²) in [6.07, 6.45) is 20.7. The van der Waals surface area contributed by atoms with Crippen molar-refractivity contribution in [3.05, 3.63) is 91.0 Å². The fraction of sp³-hybridized carbons (Fsp3) is 0.471. The molecule has 0 aromatic heterocycles. The molecule has 3 aromatic rings. The summed E-state index contributed by atoms with van der Waals surface area (Å²) in [5.74, 6) is 0. The Morgan fingerprint density at radius 2 is 0.757 bits per heavy atom. The van der Waals surface area contributed by atoms with E-state index in [1.165, 1.54) is 112 Å². The Labute approximate surface area is 237 Å². The van der Waals surface area contributed by atoms with Crippen LogP contribution >= 0.6 is 28.8 Å². The lowest BCUT2D eigenvalue weighted by Gasteiger charge is -2.31. The molecule has 0 fully saturated rings. The highest BCUT2D eigenvalue weighted by Gasteiger charge is 2.51. The Bertz CT molecular complexity index is 849. The van der Waals surface area contributed by atoms with Crippen LogP contribution in [0.5, 0.6) is 0 Å². The first-order chi connectivity index (χ1) is 18.3. The minimum absolute atomic E-state index is 0.374. The molecule has 0 N–H and O–H groups in total. The van der Waals surface area contributed by atoms with Gasteiger partial charge in [0.1, 0.15) is 29.2 Å². The van der Waals surface area contributed by atoms with E-state index in [0.29, 0.717) is 0 Å². The van der Waals surface area contributed by atoms with Crippen molar-refractivity contribution >= 4 is 44.7 Å². The van der Waals surface area contributed by atoms with Crippen molar-refractivity contribution in [3.63, 3.8) is 0 Å². The van der Waals surface area contributed by atoms with E-state index in [1.807, 2.05) is 0 Å². The molecule has 3 heteroatoms. The molecule has 200 valence electrons. The van der Waals surface area contributed by atoms with E-state index >= 15 is 0 Å². The zero-order chi connectivity index (χ0) is 26.0. The van der Waals surface area contributed by atoms with Gasteiger partial charge in [-0.1, -0.05) is 145 Å². The highest BCUT2D eigenvalue weighted by atomic mass is 79.9. The van der Waals surface area contributed by atoms with Gasteiger partial charge < -0.3 is 0 Å². The Morgan fingerprint density at radius 1 is 0.459 bits per heavy atom. The van der Waals surface area contributed by atoms with E-state index in [4.69, 9.17) is 0 Å². The SMILES string of the molecule is CCCCCCCCCCCCCCCCP(Br)[P+](c1ccccc1)(c1ccccc1)c1ccccc1. The van der Waals surface area contributed by atoms with Crippen LogP contribution in [0.1, 0.15) is 96.8 Å². The van der Waals surface area contributed by atoms with Gasteiger partial charge in [-0.25, -0.2) is 0 Å². The quantitative estimate of drug-likeness (QED) is 0.0951. The Kier molecular flexibility index (Phi) is 15.1. The van der Waals surface area contributed by atoms with Crippen LogP contribution < -0.4 is 15.9 Å². The zero-order valence-corrected chi connectivity index (χ0v) is 26.4. The Hall–Kier alpha value is -1.00. The van der Waals surface area contributed by atoms with Gasteiger partial charge in [-0.15, -0.1) is 0 Å². The second-order valence-electron chi connectivity index (χ2n) is 10.3. The largest absolute Gasteiger partial charge is 0.141 e. The molecule has 1 atom stereocenters. The van der Waals surface area contributed by atoms with Crippen LogP contribution in [0.2, 0.25) is 0 Å². The molecule has 3 aromatic carbocycles. The second kappa shape index (κ2) is 18.3. The molecule has 0 bridgehead atoms. The van der Waals surface area contributed by atoms with Crippen molar-refractivity contribution in [2.24, 2.45) is 0 Å². The average molecular weight is 599 g/mol. The molecule has 0 saturated carbocycles. The van der Waals surface area contributed by atoms with Crippen LogP contribution in [0.15, 0.2) is 91.0 Å². The fourth-order valence-corrected chi connectivity index (χ4v) is 20.1. The normalized spacial score (nSPS) is 12.5. The summed E-state index contributed by atoms with van der Waals surface area (Å²) >= 11 is 4.36. The highest BCUT2D eigenvalue weighted by molar-refractivity contribution is 9.46. The first-order valence-electron chi connectivity index (χ1n) is 14.8. The summed E-state index contributed by atoms with van der Waals surface area (Å²) in [5.41, 5.74) is 0. The number of benzene rings is 3. The topological polar surface area (TPSA) is 0 Å². The van der Waals surface area contributed by atoms with Gasteiger partial charge in [-0.2, -0.15) is 0 Å². The fourth-order valence-electron chi connectivity index (χ4n) is 5.34. The minimum Gasteiger partial charge on any atom is -0.0654 e. The summed E-state index contributed by atoms with van der Waals surface area (Å²) in [4.78, 5) is 0. The summed E-state index contributed by atoms with van der Waals surface area (Å²) in [6.45, 7) is 0.550. The molecule has 0 saturated heterocycles. The van der Waals surface area contributed by atoms with E-state index in [0.717, 1.165) is 0 Å². The second-order valence-corrected chi connectivity index (χ2v) is 21.7. The van der Waals surface area contributed by atoms with Gasteiger partial charge >= 0.3 is 0 Å². The van der Waals surface area contributed by atoms with Crippen LogP contribution in [0.25, 0.3) is 0 Å². The van der Waals surface area contributed by atoms with Crippen molar-refractivity contribution in [1.29, 1.82) is 0 Å². The van der Waals surface area contributed by atoms with Gasteiger partial charge in [0.15, 0.2) is 0 Å². The van der Waals surface area contributed by atoms with E-state index in [9.17, 15) is 0 Å². The van der Waals surface area contributed by atoms with Gasteiger partial charge in [0.2, 0.25) is 0 Å². The van der Waals surface area contributed by atoms with Crippen molar-refractivity contribution < 1.29 is 0 Å². The molecule has 0 nitrogen and oxygen atoms in total. The third-order valence-corrected chi connectivity index (χ3v) is 21.9. The molecule has 0 heterocycles. The molecular weight excluding hydrogens is 550 g/mol. The van der Waals surface area contributed by atoms with Crippen molar-refractivity contribution in [2.45, 2.75) is 96.8 Å². The van der Waals surface area contributed by atoms with E-state index < -0.39 is 6.95 Å². The number of hydrogen-bond acceptors (Lipinski definition) is 0. The van der Waals surface area contributed by atoms with Crippen LogP contribution in [-0.2, 0) is 0 Å². The summed E-state index contributed by atoms with van der Waals surface area (Å²) in [7, 11) is 0.